The van der Waals surface area contributed by atoms with Crippen molar-refractivity contribution in [3.05, 3.63) is 29.3 Å². The van der Waals surface area contributed by atoms with Crippen LogP contribution < -0.4 is 10.2 Å². The first-order valence-corrected chi connectivity index (χ1v) is 7.81. The molecule has 8 heteroatoms. The molecule has 0 spiro atoms. The van der Waals surface area contributed by atoms with E-state index in [2.05, 4.69) is 5.32 Å². The Bertz CT molecular complexity index is 683. The summed E-state index contributed by atoms with van der Waals surface area (Å²) >= 11 is 0. The van der Waals surface area contributed by atoms with E-state index in [0.717, 1.165) is 12.5 Å². The molecular formula is C16H17F3N4O. The Hall–Kier alpha value is -2.43. The van der Waals surface area contributed by atoms with Crippen LogP contribution in [-0.4, -0.2) is 43.2 Å². The molecule has 2 amide bonds. The van der Waals surface area contributed by atoms with Gasteiger partial charge in [-0.3, -0.25) is 0 Å². The quantitative estimate of drug-likeness (QED) is 0.902. The SMILES string of the molecule is N#Cc1ccc(N2CCCC(N3CCNC3=O)C2)c(C(F)(F)F)c1. The number of benzene rings is 1. The molecule has 1 N–H and O–H groups in total. The highest BCUT2D eigenvalue weighted by Crippen LogP contribution is 2.38. The van der Waals surface area contributed by atoms with Crippen LogP contribution in [0.25, 0.3) is 0 Å². The van der Waals surface area contributed by atoms with Crippen LogP contribution in [0.1, 0.15) is 24.0 Å². The lowest BCUT2D eigenvalue weighted by molar-refractivity contribution is -0.137. The summed E-state index contributed by atoms with van der Waals surface area (Å²) in [6.45, 7) is 2.01. The minimum Gasteiger partial charge on any atom is -0.369 e. The number of halogens is 3. The summed E-state index contributed by atoms with van der Waals surface area (Å²) in [5, 5.41) is 11.6. The Morgan fingerprint density at radius 1 is 1.29 bits per heavy atom. The molecule has 1 aromatic carbocycles. The van der Waals surface area contributed by atoms with Crippen molar-refractivity contribution in [1.82, 2.24) is 10.2 Å². The number of nitrogens with zero attached hydrogens (tertiary/aromatic N) is 3. The highest BCUT2D eigenvalue weighted by molar-refractivity contribution is 5.76. The number of hydrogen-bond donors (Lipinski definition) is 1. The minimum atomic E-state index is -4.53. The molecule has 2 aliphatic rings. The van der Waals surface area contributed by atoms with Gasteiger partial charge in [-0.15, -0.1) is 0 Å². The second kappa shape index (κ2) is 6.23. The van der Waals surface area contributed by atoms with Crippen LogP contribution in [0, 0.1) is 11.3 Å². The fourth-order valence-corrected chi connectivity index (χ4v) is 3.37. The molecule has 2 saturated heterocycles. The van der Waals surface area contributed by atoms with Gasteiger partial charge in [0.2, 0.25) is 0 Å². The molecular weight excluding hydrogens is 321 g/mol. The van der Waals surface area contributed by atoms with E-state index in [0.29, 0.717) is 32.6 Å². The van der Waals surface area contributed by atoms with Crippen LogP contribution in [0.3, 0.4) is 0 Å². The number of hydrogen-bond acceptors (Lipinski definition) is 3. The van der Waals surface area contributed by atoms with Gasteiger partial charge in [0.25, 0.3) is 0 Å². The lowest BCUT2D eigenvalue weighted by Gasteiger charge is -2.39. The maximum absolute atomic E-state index is 13.4. The van der Waals surface area contributed by atoms with Crippen molar-refractivity contribution in [1.29, 1.82) is 5.26 Å². The lowest BCUT2D eigenvalue weighted by atomic mass is 10.0. The van der Waals surface area contributed by atoms with Crippen LogP contribution in [0.5, 0.6) is 0 Å². The summed E-state index contributed by atoms with van der Waals surface area (Å²) in [6, 6.07) is 5.14. The van der Waals surface area contributed by atoms with Crippen LogP contribution in [0.2, 0.25) is 0 Å². The third kappa shape index (κ3) is 3.11. The van der Waals surface area contributed by atoms with E-state index in [1.807, 2.05) is 0 Å². The van der Waals surface area contributed by atoms with Crippen molar-refractivity contribution in [3.63, 3.8) is 0 Å². The summed E-state index contributed by atoms with van der Waals surface area (Å²) in [7, 11) is 0. The monoisotopic (exact) mass is 338 g/mol. The van der Waals surface area contributed by atoms with Gasteiger partial charge in [-0.2, -0.15) is 18.4 Å². The number of urea groups is 1. The molecule has 0 radical (unpaired) electrons. The van der Waals surface area contributed by atoms with E-state index in [4.69, 9.17) is 5.26 Å². The summed E-state index contributed by atoms with van der Waals surface area (Å²) < 4.78 is 40.1. The molecule has 0 saturated carbocycles. The van der Waals surface area contributed by atoms with Crippen LogP contribution in [0.15, 0.2) is 18.2 Å². The number of nitrogens with one attached hydrogen (secondary N) is 1. The van der Waals surface area contributed by atoms with Crippen molar-refractivity contribution in [2.24, 2.45) is 0 Å². The zero-order chi connectivity index (χ0) is 17.3. The average Bonchev–Trinajstić information content (AvgIpc) is 2.99. The summed E-state index contributed by atoms with van der Waals surface area (Å²) in [4.78, 5) is 15.2. The Balaban J connectivity index is 1.88. The number of anilines is 1. The normalized spacial score (nSPS) is 21.6. The van der Waals surface area contributed by atoms with Gasteiger partial charge in [0, 0.05) is 31.9 Å². The van der Waals surface area contributed by atoms with E-state index in [1.54, 1.807) is 15.9 Å². The molecule has 128 valence electrons. The van der Waals surface area contributed by atoms with Crippen molar-refractivity contribution in [2.45, 2.75) is 25.1 Å². The smallest absolute Gasteiger partial charge is 0.369 e. The third-order valence-electron chi connectivity index (χ3n) is 4.50. The minimum absolute atomic E-state index is 0.0152. The maximum Gasteiger partial charge on any atom is 0.418 e. The number of alkyl halides is 3. The molecule has 2 heterocycles. The zero-order valence-corrected chi connectivity index (χ0v) is 12.9. The fraction of sp³-hybridized carbons (Fsp3) is 0.500. The molecule has 5 nitrogen and oxygen atoms in total. The number of piperidine rings is 1. The van der Waals surface area contributed by atoms with Crippen molar-refractivity contribution in [2.75, 3.05) is 31.1 Å². The lowest BCUT2D eigenvalue weighted by Crippen LogP contribution is -2.49. The van der Waals surface area contributed by atoms with Crippen molar-refractivity contribution < 1.29 is 18.0 Å². The third-order valence-corrected chi connectivity index (χ3v) is 4.50. The number of carbonyl (C=O) groups excluding carboxylic acids is 1. The van der Waals surface area contributed by atoms with E-state index in [1.165, 1.54) is 12.1 Å². The highest BCUT2D eigenvalue weighted by atomic mass is 19.4. The Labute approximate surface area is 137 Å². The van der Waals surface area contributed by atoms with Gasteiger partial charge >= 0.3 is 12.2 Å². The second-order valence-corrected chi connectivity index (χ2v) is 6.01. The van der Waals surface area contributed by atoms with Crippen LogP contribution in [-0.2, 0) is 6.18 Å². The second-order valence-electron chi connectivity index (χ2n) is 6.01. The molecule has 0 aromatic heterocycles. The topological polar surface area (TPSA) is 59.4 Å². The predicted molar refractivity (Wildman–Crippen MR) is 81.5 cm³/mol. The summed E-state index contributed by atoms with van der Waals surface area (Å²) in [5.74, 6) is 0. The van der Waals surface area contributed by atoms with Crippen molar-refractivity contribution >= 4 is 11.7 Å². The van der Waals surface area contributed by atoms with E-state index < -0.39 is 11.7 Å². The van der Waals surface area contributed by atoms with E-state index in [9.17, 15) is 18.0 Å². The Morgan fingerprint density at radius 2 is 2.08 bits per heavy atom. The summed E-state index contributed by atoms with van der Waals surface area (Å²) in [6.07, 6.45) is -3.03. The van der Waals surface area contributed by atoms with E-state index in [-0.39, 0.29) is 23.3 Å². The largest absolute Gasteiger partial charge is 0.418 e. The van der Waals surface area contributed by atoms with Crippen LogP contribution >= 0.6 is 0 Å². The van der Waals surface area contributed by atoms with Gasteiger partial charge in [0.05, 0.1) is 23.2 Å². The Morgan fingerprint density at radius 3 is 2.71 bits per heavy atom. The fourth-order valence-electron chi connectivity index (χ4n) is 3.37. The predicted octanol–water partition coefficient (Wildman–Crippen LogP) is 2.57. The Kier molecular flexibility index (Phi) is 4.26. The van der Waals surface area contributed by atoms with Crippen LogP contribution in [0.4, 0.5) is 23.7 Å². The van der Waals surface area contributed by atoms with Gasteiger partial charge in [-0.25, -0.2) is 4.79 Å². The molecule has 24 heavy (non-hydrogen) atoms. The first-order valence-electron chi connectivity index (χ1n) is 7.81. The first kappa shape index (κ1) is 16.4. The molecule has 1 unspecified atom stereocenters. The molecule has 0 aliphatic carbocycles. The first-order chi connectivity index (χ1) is 11.4. The van der Waals surface area contributed by atoms with E-state index >= 15 is 0 Å². The van der Waals surface area contributed by atoms with Gasteiger partial charge in [-0.05, 0) is 31.0 Å². The zero-order valence-electron chi connectivity index (χ0n) is 12.9. The van der Waals surface area contributed by atoms with Gasteiger partial charge in [-0.1, -0.05) is 0 Å². The standard InChI is InChI=1S/C16H17F3N4O/c17-16(18,19)13-8-11(9-20)3-4-14(13)22-6-1-2-12(10-22)23-7-5-21-15(23)24/h3-4,8,12H,1-2,5-7,10H2,(H,21,24). The molecule has 2 aliphatic heterocycles. The maximum atomic E-state index is 13.4. The van der Waals surface area contributed by atoms with Crippen molar-refractivity contribution in [3.8, 4) is 6.07 Å². The molecule has 3 rings (SSSR count). The number of amides is 2. The molecule has 2 fully saturated rings. The van der Waals surface area contributed by atoms with Gasteiger partial charge in [0.15, 0.2) is 0 Å². The summed E-state index contributed by atoms with van der Waals surface area (Å²) in [5.41, 5.74) is -0.738. The number of carbonyl (C=O) groups is 1. The van der Waals surface area contributed by atoms with Gasteiger partial charge in [0.1, 0.15) is 0 Å². The average molecular weight is 338 g/mol. The number of nitriles is 1. The van der Waals surface area contributed by atoms with Gasteiger partial charge < -0.3 is 15.1 Å². The molecule has 0 bridgehead atoms. The highest BCUT2D eigenvalue weighted by Gasteiger charge is 2.37. The number of rotatable bonds is 2. The molecule has 1 atom stereocenters. The molecule has 1 aromatic rings.